The number of thiophene rings is 1. The SMILES string of the molecule is Cc1ccc(CNC(=O)C(=O)Nc2cccc(-n3ccnc3)c2)s1. The predicted octanol–water partition coefficient (Wildman–Crippen LogP) is 2.50. The highest BCUT2D eigenvalue weighted by molar-refractivity contribution is 7.11. The maximum absolute atomic E-state index is 12.0. The molecule has 2 aromatic heterocycles. The molecule has 2 amide bonds. The Labute approximate surface area is 143 Å². The lowest BCUT2D eigenvalue weighted by atomic mass is 10.2. The number of amides is 2. The van der Waals surface area contributed by atoms with Crippen molar-refractivity contribution in [1.29, 1.82) is 0 Å². The van der Waals surface area contributed by atoms with E-state index in [2.05, 4.69) is 15.6 Å². The first-order valence-corrected chi connectivity index (χ1v) is 8.16. The Bertz CT molecular complexity index is 855. The van der Waals surface area contributed by atoms with Crippen LogP contribution in [0.2, 0.25) is 0 Å². The molecule has 0 unspecified atom stereocenters. The third-order valence-corrected chi connectivity index (χ3v) is 4.33. The van der Waals surface area contributed by atoms with Gasteiger partial charge in [0.05, 0.1) is 12.9 Å². The molecular formula is C17H16N4O2S. The van der Waals surface area contributed by atoms with Gasteiger partial charge in [0.1, 0.15) is 0 Å². The fraction of sp³-hybridized carbons (Fsp3) is 0.118. The molecule has 0 spiro atoms. The molecular weight excluding hydrogens is 324 g/mol. The summed E-state index contributed by atoms with van der Waals surface area (Å²) >= 11 is 1.59. The molecule has 2 N–H and O–H groups in total. The molecule has 0 saturated heterocycles. The van der Waals surface area contributed by atoms with Gasteiger partial charge in [-0.1, -0.05) is 6.07 Å². The van der Waals surface area contributed by atoms with Crippen molar-refractivity contribution in [2.45, 2.75) is 13.5 Å². The molecule has 0 atom stereocenters. The highest BCUT2D eigenvalue weighted by Crippen LogP contribution is 2.15. The van der Waals surface area contributed by atoms with Crippen molar-refractivity contribution < 1.29 is 9.59 Å². The van der Waals surface area contributed by atoms with Gasteiger partial charge in [0.2, 0.25) is 0 Å². The molecule has 0 aliphatic heterocycles. The van der Waals surface area contributed by atoms with Gasteiger partial charge >= 0.3 is 11.8 Å². The Hall–Kier alpha value is -2.93. The van der Waals surface area contributed by atoms with E-state index in [4.69, 9.17) is 0 Å². The van der Waals surface area contributed by atoms with E-state index in [1.807, 2.05) is 29.7 Å². The molecule has 122 valence electrons. The van der Waals surface area contributed by atoms with Gasteiger partial charge in [0.25, 0.3) is 0 Å². The summed E-state index contributed by atoms with van der Waals surface area (Å²) in [7, 11) is 0. The van der Waals surface area contributed by atoms with E-state index in [0.717, 1.165) is 10.6 Å². The summed E-state index contributed by atoms with van der Waals surface area (Å²) in [6, 6.07) is 11.1. The van der Waals surface area contributed by atoms with E-state index in [0.29, 0.717) is 12.2 Å². The molecule has 0 bridgehead atoms. The summed E-state index contributed by atoms with van der Waals surface area (Å²) in [5.74, 6) is -1.35. The number of carbonyl (C=O) groups excluding carboxylic acids is 2. The number of imidazole rings is 1. The Balaban J connectivity index is 1.60. The average Bonchev–Trinajstić information content (AvgIpc) is 3.24. The van der Waals surface area contributed by atoms with Crippen LogP contribution in [0.5, 0.6) is 0 Å². The van der Waals surface area contributed by atoms with Crippen LogP contribution in [0, 0.1) is 6.92 Å². The number of nitrogens with one attached hydrogen (secondary N) is 2. The monoisotopic (exact) mass is 340 g/mol. The van der Waals surface area contributed by atoms with Gasteiger partial charge < -0.3 is 15.2 Å². The fourth-order valence-corrected chi connectivity index (χ4v) is 3.00. The summed E-state index contributed by atoms with van der Waals surface area (Å²) in [4.78, 5) is 30.1. The van der Waals surface area contributed by atoms with Gasteiger partial charge in [0, 0.05) is 33.5 Å². The molecule has 0 aliphatic carbocycles. The van der Waals surface area contributed by atoms with Gasteiger partial charge in [-0.2, -0.15) is 0 Å². The lowest BCUT2D eigenvalue weighted by molar-refractivity contribution is -0.136. The summed E-state index contributed by atoms with van der Waals surface area (Å²) in [5.41, 5.74) is 1.40. The van der Waals surface area contributed by atoms with Crippen LogP contribution in [0.25, 0.3) is 5.69 Å². The van der Waals surface area contributed by atoms with Crippen molar-refractivity contribution in [3.63, 3.8) is 0 Å². The number of hydrogen-bond donors (Lipinski definition) is 2. The number of aryl methyl sites for hydroxylation is 1. The van der Waals surface area contributed by atoms with Crippen molar-refractivity contribution in [3.8, 4) is 5.69 Å². The van der Waals surface area contributed by atoms with Gasteiger partial charge in [0.15, 0.2) is 0 Å². The van der Waals surface area contributed by atoms with Crippen molar-refractivity contribution in [3.05, 3.63) is 64.9 Å². The Morgan fingerprint density at radius 3 is 2.79 bits per heavy atom. The zero-order valence-corrected chi connectivity index (χ0v) is 13.8. The molecule has 2 heterocycles. The van der Waals surface area contributed by atoms with Crippen LogP contribution in [-0.4, -0.2) is 21.4 Å². The lowest BCUT2D eigenvalue weighted by Crippen LogP contribution is -2.34. The number of aromatic nitrogens is 2. The van der Waals surface area contributed by atoms with Crippen LogP contribution in [0.3, 0.4) is 0 Å². The number of carbonyl (C=O) groups is 2. The van der Waals surface area contributed by atoms with Crippen LogP contribution < -0.4 is 10.6 Å². The Kier molecular flexibility index (Phi) is 4.72. The minimum absolute atomic E-state index is 0.347. The molecule has 0 saturated carbocycles. The minimum Gasteiger partial charge on any atom is -0.343 e. The summed E-state index contributed by atoms with van der Waals surface area (Å²) in [6.07, 6.45) is 5.14. The number of anilines is 1. The van der Waals surface area contributed by atoms with Crippen molar-refractivity contribution >= 4 is 28.8 Å². The molecule has 24 heavy (non-hydrogen) atoms. The van der Waals surface area contributed by atoms with Crippen LogP contribution in [0.15, 0.2) is 55.1 Å². The normalized spacial score (nSPS) is 10.4. The minimum atomic E-state index is -0.689. The molecule has 6 nitrogen and oxygen atoms in total. The Morgan fingerprint density at radius 2 is 2.08 bits per heavy atom. The van der Waals surface area contributed by atoms with Crippen LogP contribution in [0.4, 0.5) is 5.69 Å². The van der Waals surface area contributed by atoms with Gasteiger partial charge in [-0.25, -0.2) is 4.98 Å². The van der Waals surface area contributed by atoms with Crippen molar-refractivity contribution in [2.24, 2.45) is 0 Å². The first-order valence-electron chi connectivity index (χ1n) is 7.35. The number of benzene rings is 1. The van der Waals surface area contributed by atoms with Crippen molar-refractivity contribution in [1.82, 2.24) is 14.9 Å². The second kappa shape index (κ2) is 7.10. The molecule has 0 fully saturated rings. The van der Waals surface area contributed by atoms with Crippen LogP contribution in [0.1, 0.15) is 9.75 Å². The first-order chi connectivity index (χ1) is 11.6. The number of nitrogens with zero attached hydrogens (tertiary/aromatic N) is 2. The van der Waals surface area contributed by atoms with E-state index in [-0.39, 0.29) is 0 Å². The maximum Gasteiger partial charge on any atom is 0.313 e. The highest BCUT2D eigenvalue weighted by atomic mass is 32.1. The Morgan fingerprint density at radius 1 is 1.21 bits per heavy atom. The molecule has 3 rings (SSSR count). The fourth-order valence-electron chi connectivity index (χ4n) is 2.17. The molecule has 0 aliphatic rings. The number of hydrogen-bond acceptors (Lipinski definition) is 4. The molecule has 3 aromatic rings. The molecule has 0 radical (unpaired) electrons. The quantitative estimate of drug-likeness (QED) is 0.717. The zero-order chi connectivity index (χ0) is 16.9. The maximum atomic E-state index is 12.0. The van der Waals surface area contributed by atoms with E-state index in [1.165, 1.54) is 4.88 Å². The van der Waals surface area contributed by atoms with E-state index in [1.54, 1.807) is 48.3 Å². The van der Waals surface area contributed by atoms with Crippen molar-refractivity contribution in [2.75, 3.05) is 5.32 Å². The second-order valence-corrected chi connectivity index (χ2v) is 6.54. The summed E-state index contributed by atoms with van der Waals surface area (Å²) in [5, 5.41) is 5.22. The largest absolute Gasteiger partial charge is 0.343 e. The molecule has 7 heteroatoms. The van der Waals surface area contributed by atoms with E-state index in [9.17, 15) is 9.59 Å². The number of rotatable bonds is 4. The van der Waals surface area contributed by atoms with Gasteiger partial charge in [-0.3, -0.25) is 9.59 Å². The first kappa shape index (κ1) is 15.9. The third kappa shape index (κ3) is 3.88. The summed E-state index contributed by atoms with van der Waals surface area (Å²) in [6.45, 7) is 2.34. The zero-order valence-electron chi connectivity index (χ0n) is 13.0. The standard InChI is InChI=1S/C17H16N4O2S/c1-12-5-6-15(24-12)10-19-16(22)17(23)20-13-3-2-4-14(9-13)21-8-7-18-11-21/h2-9,11H,10H2,1H3,(H,19,22)(H,20,23). The predicted molar refractivity (Wildman–Crippen MR) is 93.1 cm³/mol. The second-order valence-electron chi connectivity index (χ2n) is 5.17. The smallest absolute Gasteiger partial charge is 0.313 e. The average molecular weight is 340 g/mol. The van der Waals surface area contributed by atoms with Crippen LogP contribution in [-0.2, 0) is 16.1 Å². The third-order valence-electron chi connectivity index (χ3n) is 3.33. The molecule has 1 aromatic carbocycles. The lowest BCUT2D eigenvalue weighted by Gasteiger charge is -2.08. The highest BCUT2D eigenvalue weighted by Gasteiger charge is 2.14. The topological polar surface area (TPSA) is 76.0 Å². The summed E-state index contributed by atoms with van der Waals surface area (Å²) < 4.78 is 1.81. The van der Waals surface area contributed by atoms with Gasteiger partial charge in [-0.15, -0.1) is 11.3 Å². The van der Waals surface area contributed by atoms with E-state index >= 15 is 0 Å². The van der Waals surface area contributed by atoms with Gasteiger partial charge in [-0.05, 0) is 37.3 Å². The van der Waals surface area contributed by atoms with Crippen LogP contribution >= 0.6 is 11.3 Å². The van der Waals surface area contributed by atoms with E-state index < -0.39 is 11.8 Å².